The first kappa shape index (κ1) is 18.2. The van der Waals surface area contributed by atoms with Crippen molar-refractivity contribution in [3.05, 3.63) is 11.8 Å². The van der Waals surface area contributed by atoms with Gasteiger partial charge in [-0.05, 0) is 32.6 Å². The summed E-state index contributed by atoms with van der Waals surface area (Å²) in [6, 6.07) is 0.887. The molecule has 0 radical (unpaired) electrons. The van der Waals surface area contributed by atoms with E-state index in [0.29, 0.717) is 32.4 Å². The maximum atomic E-state index is 12.8. The molecule has 2 unspecified atom stereocenters. The van der Waals surface area contributed by atoms with Crippen LogP contribution in [0.4, 0.5) is 10.6 Å². The summed E-state index contributed by atoms with van der Waals surface area (Å²) in [5.41, 5.74) is 0.828. The van der Waals surface area contributed by atoms with Gasteiger partial charge in [0.05, 0.1) is 11.6 Å². The number of urea groups is 1. The molecular weight excluding hydrogens is 338 g/mol. The van der Waals surface area contributed by atoms with Crippen molar-refractivity contribution in [1.82, 2.24) is 20.0 Å². The van der Waals surface area contributed by atoms with Gasteiger partial charge in [-0.25, -0.2) is 4.79 Å². The SMILES string of the molecule is Cc1cc(N2CCCC(NC(=O)N3CCCC(C(=O)O)C3)C2=O)n(C)n1. The number of carbonyl (C=O) groups is 3. The summed E-state index contributed by atoms with van der Waals surface area (Å²) in [5.74, 6) is -0.853. The Kier molecular flexibility index (Phi) is 5.15. The number of hydrogen-bond acceptors (Lipinski definition) is 4. The summed E-state index contributed by atoms with van der Waals surface area (Å²) in [7, 11) is 1.79. The summed E-state index contributed by atoms with van der Waals surface area (Å²) >= 11 is 0. The molecule has 0 spiro atoms. The Bertz CT molecular complexity index is 716. The molecule has 2 N–H and O–H groups in total. The van der Waals surface area contributed by atoms with Gasteiger partial charge < -0.3 is 15.3 Å². The van der Waals surface area contributed by atoms with E-state index >= 15 is 0 Å². The highest BCUT2D eigenvalue weighted by Gasteiger charge is 2.34. The van der Waals surface area contributed by atoms with Crippen molar-refractivity contribution in [2.45, 2.75) is 38.6 Å². The van der Waals surface area contributed by atoms with Gasteiger partial charge in [0.1, 0.15) is 11.9 Å². The average Bonchev–Trinajstić information content (AvgIpc) is 2.95. The Labute approximate surface area is 151 Å². The molecule has 2 fully saturated rings. The van der Waals surface area contributed by atoms with Crippen LogP contribution in [0.15, 0.2) is 6.07 Å². The van der Waals surface area contributed by atoms with Crippen molar-refractivity contribution in [1.29, 1.82) is 0 Å². The number of hydrogen-bond donors (Lipinski definition) is 2. The first-order valence-electron chi connectivity index (χ1n) is 8.97. The number of aromatic nitrogens is 2. The lowest BCUT2D eigenvalue weighted by atomic mass is 9.98. The lowest BCUT2D eigenvalue weighted by Crippen LogP contribution is -2.56. The van der Waals surface area contributed by atoms with Gasteiger partial charge in [0.2, 0.25) is 0 Å². The van der Waals surface area contributed by atoms with Crippen LogP contribution in [0.2, 0.25) is 0 Å². The van der Waals surface area contributed by atoms with Crippen LogP contribution in [0, 0.1) is 12.8 Å². The zero-order chi connectivity index (χ0) is 18.8. The van der Waals surface area contributed by atoms with E-state index in [9.17, 15) is 14.4 Å². The molecule has 3 rings (SSSR count). The third kappa shape index (κ3) is 3.66. The number of aliphatic carboxylic acids is 1. The molecule has 1 aromatic rings. The van der Waals surface area contributed by atoms with E-state index in [-0.39, 0.29) is 18.5 Å². The average molecular weight is 363 g/mol. The summed E-state index contributed by atoms with van der Waals surface area (Å²) < 4.78 is 1.67. The Morgan fingerprint density at radius 3 is 2.65 bits per heavy atom. The Balaban J connectivity index is 1.65. The van der Waals surface area contributed by atoms with Crippen molar-refractivity contribution in [3.8, 4) is 0 Å². The zero-order valence-electron chi connectivity index (χ0n) is 15.1. The number of likely N-dealkylation sites (tertiary alicyclic amines) is 1. The highest BCUT2D eigenvalue weighted by molar-refractivity contribution is 5.99. The molecule has 0 aliphatic carbocycles. The standard InChI is InChI=1S/C17H25N5O4/c1-11-9-14(20(2)19-11)22-8-4-6-13(15(22)23)18-17(26)21-7-3-5-12(10-21)16(24)25/h9,12-13H,3-8,10H2,1-2H3,(H,18,26)(H,24,25). The van der Waals surface area contributed by atoms with E-state index in [1.807, 2.05) is 13.0 Å². The van der Waals surface area contributed by atoms with Crippen LogP contribution >= 0.6 is 0 Å². The molecule has 142 valence electrons. The predicted molar refractivity (Wildman–Crippen MR) is 93.8 cm³/mol. The van der Waals surface area contributed by atoms with Crippen LogP contribution in [0.1, 0.15) is 31.4 Å². The molecule has 1 aromatic heterocycles. The fraction of sp³-hybridized carbons (Fsp3) is 0.647. The minimum absolute atomic E-state index is 0.153. The molecule has 0 bridgehead atoms. The van der Waals surface area contributed by atoms with Gasteiger partial charge in [0, 0.05) is 32.7 Å². The highest BCUT2D eigenvalue weighted by Crippen LogP contribution is 2.22. The Morgan fingerprint density at radius 2 is 2.00 bits per heavy atom. The summed E-state index contributed by atoms with van der Waals surface area (Å²) in [6.07, 6.45) is 2.59. The quantitative estimate of drug-likeness (QED) is 0.823. The van der Waals surface area contributed by atoms with Gasteiger partial charge in [0.25, 0.3) is 5.91 Å². The van der Waals surface area contributed by atoms with E-state index in [2.05, 4.69) is 10.4 Å². The zero-order valence-corrected chi connectivity index (χ0v) is 15.1. The number of nitrogens with one attached hydrogen (secondary N) is 1. The van der Waals surface area contributed by atoms with Gasteiger partial charge in [-0.15, -0.1) is 0 Å². The monoisotopic (exact) mass is 363 g/mol. The lowest BCUT2D eigenvalue weighted by Gasteiger charge is -2.35. The molecule has 9 heteroatoms. The van der Waals surface area contributed by atoms with E-state index in [0.717, 1.165) is 17.9 Å². The van der Waals surface area contributed by atoms with Crippen LogP contribution in [0.5, 0.6) is 0 Å². The van der Waals surface area contributed by atoms with E-state index in [1.165, 1.54) is 4.90 Å². The summed E-state index contributed by atoms with van der Waals surface area (Å²) in [6.45, 7) is 3.16. The molecule has 2 saturated heterocycles. The van der Waals surface area contributed by atoms with Gasteiger partial charge >= 0.3 is 12.0 Å². The molecular formula is C17H25N5O4. The number of rotatable bonds is 3. The molecule has 0 aromatic carbocycles. The lowest BCUT2D eigenvalue weighted by molar-refractivity contribution is -0.143. The second kappa shape index (κ2) is 7.35. The van der Waals surface area contributed by atoms with Crippen molar-refractivity contribution in [2.75, 3.05) is 24.5 Å². The number of carbonyl (C=O) groups excluding carboxylic acids is 2. The van der Waals surface area contributed by atoms with Crippen LogP contribution in [0.3, 0.4) is 0 Å². The maximum absolute atomic E-state index is 12.8. The molecule has 2 aliphatic heterocycles. The van der Waals surface area contributed by atoms with Crippen LogP contribution in [-0.2, 0) is 16.6 Å². The van der Waals surface area contributed by atoms with Crippen LogP contribution in [0.25, 0.3) is 0 Å². The fourth-order valence-electron chi connectivity index (χ4n) is 3.69. The number of nitrogens with zero attached hydrogens (tertiary/aromatic N) is 4. The number of anilines is 1. The van der Waals surface area contributed by atoms with Crippen molar-refractivity contribution in [2.24, 2.45) is 13.0 Å². The molecule has 2 atom stereocenters. The van der Waals surface area contributed by atoms with E-state index in [1.54, 1.807) is 16.6 Å². The summed E-state index contributed by atoms with van der Waals surface area (Å²) in [4.78, 5) is 39.7. The van der Waals surface area contributed by atoms with Crippen molar-refractivity contribution >= 4 is 23.7 Å². The second-order valence-corrected chi connectivity index (χ2v) is 7.03. The molecule has 3 amide bonds. The topological polar surface area (TPSA) is 108 Å². The van der Waals surface area contributed by atoms with Gasteiger partial charge in [-0.1, -0.05) is 0 Å². The Hall–Kier alpha value is -2.58. The number of carboxylic acids is 1. The van der Waals surface area contributed by atoms with Gasteiger partial charge in [0.15, 0.2) is 0 Å². The first-order valence-corrected chi connectivity index (χ1v) is 8.97. The summed E-state index contributed by atoms with van der Waals surface area (Å²) in [5, 5.41) is 16.2. The number of piperidine rings is 2. The van der Waals surface area contributed by atoms with Gasteiger partial charge in [-0.2, -0.15) is 5.10 Å². The minimum atomic E-state index is -0.881. The second-order valence-electron chi connectivity index (χ2n) is 7.03. The fourth-order valence-corrected chi connectivity index (χ4v) is 3.69. The molecule has 26 heavy (non-hydrogen) atoms. The minimum Gasteiger partial charge on any atom is -0.481 e. The molecule has 2 aliphatic rings. The van der Waals surface area contributed by atoms with Crippen LogP contribution < -0.4 is 10.2 Å². The molecule has 3 heterocycles. The highest BCUT2D eigenvalue weighted by atomic mass is 16.4. The molecule has 9 nitrogen and oxygen atoms in total. The van der Waals surface area contributed by atoms with Crippen molar-refractivity contribution in [3.63, 3.8) is 0 Å². The van der Waals surface area contributed by atoms with Gasteiger partial charge in [-0.3, -0.25) is 19.2 Å². The van der Waals surface area contributed by atoms with E-state index < -0.39 is 17.9 Å². The molecule has 0 saturated carbocycles. The predicted octanol–water partition coefficient (Wildman–Crippen LogP) is 0.730. The number of carboxylic acid groups (broad SMARTS) is 1. The first-order chi connectivity index (χ1) is 12.4. The normalized spacial score (nSPS) is 23.8. The van der Waals surface area contributed by atoms with Crippen molar-refractivity contribution < 1.29 is 19.5 Å². The number of aryl methyl sites for hydroxylation is 2. The van der Waals surface area contributed by atoms with Crippen LogP contribution in [-0.4, -0.2) is 63.4 Å². The Morgan fingerprint density at radius 1 is 1.27 bits per heavy atom. The third-order valence-corrected chi connectivity index (χ3v) is 5.05. The maximum Gasteiger partial charge on any atom is 0.318 e. The third-order valence-electron chi connectivity index (χ3n) is 5.05. The van der Waals surface area contributed by atoms with E-state index in [4.69, 9.17) is 5.11 Å². The smallest absolute Gasteiger partial charge is 0.318 e. The largest absolute Gasteiger partial charge is 0.481 e. The number of amides is 3.